The number of nitrogens with one attached hydrogen (secondary N) is 2. The summed E-state index contributed by atoms with van der Waals surface area (Å²) in [5.41, 5.74) is 3.01. The Morgan fingerprint density at radius 2 is 1.88 bits per heavy atom. The molecule has 1 amide bonds. The monoisotopic (exact) mass is 350 g/mol. The van der Waals surface area contributed by atoms with Crippen LogP contribution in [-0.4, -0.2) is 24.0 Å². The Bertz CT molecular complexity index is 777. The Balaban J connectivity index is 1.36. The van der Waals surface area contributed by atoms with Gasteiger partial charge in [0.15, 0.2) is 0 Å². The third-order valence-electron chi connectivity index (χ3n) is 5.39. The standard InChI is InChI=1S/C22H26N2O2/c1-15-4-2-5-16(10-15)14-26-21-7-3-6-17(11-21)22(25)24-20-12-18-8-9-19(13-20)23-18/h2-7,10-11,18-20,23H,8-9,12-14H2,1H3,(H,24,25). The number of hydrogen-bond acceptors (Lipinski definition) is 3. The maximum Gasteiger partial charge on any atom is 0.251 e. The molecule has 2 aliphatic rings. The summed E-state index contributed by atoms with van der Waals surface area (Å²) >= 11 is 0. The molecular formula is C22H26N2O2. The Labute approximate surface area is 155 Å². The van der Waals surface area contributed by atoms with E-state index in [9.17, 15) is 4.79 Å². The number of benzene rings is 2. The van der Waals surface area contributed by atoms with Crippen molar-refractivity contribution in [3.8, 4) is 5.75 Å². The van der Waals surface area contributed by atoms with E-state index >= 15 is 0 Å². The van der Waals surface area contributed by atoms with E-state index in [1.807, 2.05) is 30.3 Å². The van der Waals surface area contributed by atoms with Crippen LogP contribution in [-0.2, 0) is 6.61 Å². The zero-order valence-electron chi connectivity index (χ0n) is 15.2. The summed E-state index contributed by atoms with van der Waals surface area (Å²) in [6, 6.07) is 17.2. The molecular weight excluding hydrogens is 324 g/mol. The lowest BCUT2D eigenvalue weighted by Gasteiger charge is -2.29. The van der Waals surface area contributed by atoms with E-state index in [1.165, 1.54) is 18.4 Å². The molecule has 2 unspecified atom stereocenters. The first kappa shape index (κ1) is 17.1. The summed E-state index contributed by atoms with van der Waals surface area (Å²) in [4.78, 5) is 12.6. The summed E-state index contributed by atoms with van der Waals surface area (Å²) in [6.07, 6.45) is 4.54. The fourth-order valence-corrected chi connectivity index (χ4v) is 4.14. The number of hydrogen-bond donors (Lipinski definition) is 2. The Morgan fingerprint density at radius 3 is 2.65 bits per heavy atom. The van der Waals surface area contributed by atoms with Crippen molar-refractivity contribution in [3.05, 3.63) is 65.2 Å². The molecule has 2 aliphatic heterocycles. The molecule has 2 bridgehead atoms. The molecule has 2 aromatic rings. The third kappa shape index (κ3) is 4.07. The van der Waals surface area contributed by atoms with Gasteiger partial charge < -0.3 is 15.4 Å². The predicted molar refractivity (Wildman–Crippen MR) is 102 cm³/mol. The maximum absolute atomic E-state index is 12.6. The summed E-state index contributed by atoms with van der Waals surface area (Å²) in [5.74, 6) is 0.724. The molecule has 0 aromatic heterocycles. The van der Waals surface area contributed by atoms with Gasteiger partial charge in [0.05, 0.1) is 0 Å². The zero-order valence-corrected chi connectivity index (χ0v) is 15.2. The van der Waals surface area contributed by atoms with Crippen molar-refractivity contribution in [2.75, 3.05) is 0 Å². The van der Waals surface area contributed by atoms with Gasteiger partial charge in [0.2, 0.25) is 0 Å². The van der Waals surface area contributed by atoms with E-state index in [1.54, 1.807) is 0 Å². The van der Waals surface area contributed by atoms with Gasteiger partial charge in [0.1, 0.15) is 12.4 Å². The van der Waals surface area contributed by atoms with Crippen molar-refractivity contribution < 1.29 is 9.53 Å². The van der Waals surface area contributed by atoms with E-state index in [-0.39, 0.29) is 11.9 Å². The number of rotatable bonds is 5. The van der Waals surface area contributed by atoms with Crippen LogP contribution in [0.3, 0.4) is 0 Å². The number of carbonyl (C=O) groups excluding carboxylic acids is 1. The second-order valence-corrected chi connectivity index (χ2v) is 7.59. The van der Waals surface area contributed by atoms with Crippen LogP contribution in [0, 0.1) is 6.92 Å². The molecule has 4 nitrogen and oxygen atoms in total. The smallest absolute Gasteiger partial charge is 0.251 e. The Hall–Kier alpha value is -2.33. The number of aryl methyl sites for hydroxylation is 1. The summed E-state index contributed by atoms with van der Waals surface area (Å²) in [6.45, 7) is 2.58. The SMILES string of the molecule is Cc1cccc(COc2cccc(C(=O)NC3CC4CCC(C3)N4)c2)c1. The van der Waals surface area contributed by atoms with Gasteiger partial charge in [-0.3, -0.25) is 4.79 Å². The molecule has 0 saturated carbocycles. The number of piperidine rings is 1. The largest absolute Gasteiger partial charge is 0.489 e. The second kappa shape index (κ2) is 7.50. The van der Waals surface area contributed by atoms with Crippen LogP contribution >= 0.6 is 0 Å². The fraction of sp³-hybridized carbons (Fsp3) is 0.409. The van der Waals surface area contributed by atoms with Crippen molar-refractivity contribution in [1.29, 1.82) is 0 Å². The van der Waals surface area contributed by atoms with Crippen LogP contribution in [0.4, 0.5) is 0 Å². The van der Waals surface area contributed by atoms with Crippen LogP contribution in [0.25, 0.3) is 0 Å². The highest BCUT2D eigenvalue weighted by Crippen LogP contribution is 2.27. The lowest BCUT2D eigenvalue weighted by Crippen LogP contribution is -2.48. The normalized spacial score (nSPS) is 24.3. The van der Waals surface area contributed by atoms with Gasteiger partial charge in [0, 0.05) is 23.7 Å². The quantitative estimate of drug-likeness (QED) is 0.866. The molecule has 4 heteroatoms. The molecule has 0 aliphatic carbocycles. The molecule has 0 spiro atoms. The van der Waals surface area contributed by atoms with Crippen molar-refractivity contribution in [1.82, 2.24) is 10.6 Å². The summed E-state index contributed by atoms with van der Waals surface area (Å²) in [5, 5.41) is 6.82. The first-order valence-corrected chi connectivity index (χ1v) is 9.51. The number of amides is 1. The second-order valence-electron chi connectivity index (χ2n) is 7.59. The van der Waals surface area contributed by atoms with E-state index < -0.39 is 0 Å². The Kier molecular flexibility index (Phi) is 4.93. The topological polar surface area (TPSA) is 50.4 Å². The first-order valence-electron chi connectivity index (χ1n) is 9.51. The number of carbonyl (C=O) groups is 1. The highest BCUT2D eigenvalue weighted by atomic mass is 16.5. The molecule has 2 N–H and O–H groups in total. The van der Waals surface area contributed by atoms with Crippen molar-refractivity contribution in [3.63, 3.8) is 0 Å². The zero-order chi connectivity index (χ0) is 17.9. The molecule has 2 aromatic carbocycles. The molecule has 2 heterocycles. The van der Waals surface area contributed by atoms with Gasteiger partial charge >= 0.3 is 0 Å². The molecule has 136 valence electrons. The summed E-state index contributed by atoms with van der Waals surface area (Å²) < 4.78 is 5.88. The van der Waals surface area contributed by atoms with Gasteiger partial charge in [-0.25, -0.2) is 0 Å². The van der Waals surface area contributed by atoms with E-state index in [0.29, 0.717) is 24.3 Å². The van der Waals surface area contributed by atoms with E-state index in [4.69, 9.17) is 4.74 Å². The van der Waals surface area contributed by atoms with Gasteiger partial charge in [-0.2, -0.15) is 0 Å². The molecule has 0 radical (unpaired) electrons. The average Bonchev–Trinajstić information content (AvgIpc) is 2.98. The minimum absolute atomic E-state index is 0.00249. The van der Waals surface area contributed by atoms with Gasteiger partial charge in [-0.1, -0.05) is 35.9 Å². The number of ether oxygens (including phenoxy) is 1. The van der Waals surface area contributed by atoms with Crippen LogP contribution < -0.4 is 15.4 Å². The minimum atomic E-state index is -0.00249. The third-order valence-corrected chi connectivity index (χ3v) is 5.39. The van der Waals surface area contributed by atoms with Crippen LogP contribution in [0.2, 0.25) is 0 Å². The van der Waals surface area contributed by atoms with Crippen molar-refractivity contribution in [2.24, 2.45) is 0 Å². The van der Waals surface area contributed by atoms with E-state index in [0.717, 1.165) is 24.2 Å². The lowest BCUT2D eigenvalue weighted by atomic mass is 9.99. The fourth-order valence-electron chi connectivity index (χ4n) is 4.14. The van der Waals surface area contributed by atoms with Crippen LogP contribution in [0.1, 0.15) is 47.2 Å². The number of fused-ring (bicyclic) bond motifs is 2. The molecule has 4 rings (SSSR count). The lowest BCUT2D eigenvalue weighted by molar-refractivity contribution is 0.0923. The first-order chi connectivity index (χ1) is 12.7. The van der Waals surface area contributed by atoms with Crippen molar-refractivity contribution >= 4 is 5.91 Å². The van der Waals surface area contributed by atoms with Crippen molar-refractivity contribution in [2.45, 2.75) is 57.3 Å². The predicted octanol–water partition coefficient (Wildman–Crippen LogP) is 3.59. The highest BCUT2D eigenvalue weighted by molar-refractivity contribution is 5.94. The molecule has 2 fully saturated rings. The Morgan fingerprint density at radius 1 is 1.12 bits per heavy atom. The van der Waals surface area contributed by atoms with Gasteiger partial charge in [-0.15, -0.1) is 0 Å². The summed E-state index contributed by atoms with van der Waals surface area (Å²) in [7, 11) is 0. The molecule has 2 saturated heterocycles. The maximum atomic E-state index is 12.6. The minimum Gasteiger partial charge on any atom is -0.489 e. The van der Waals surface area contributed by atoms with E-state index in [2.05, 4.69) is 35.8 Å². The molecule has 26 heavy (non-hydrogen) atoms. The van der Waals surface area contributed by atoms with Crippen LogP contribution in [0.5, 0.6) is 5.75 Å². The van der Waals surface area contributed by atoms with Crippen LogP contribution in [0.15, 0.2) is 48.5 Å². The average molecular weight is 350 g/mol. The van der Waals surface area contributed by atoms with Gasteiger partial charge in [-0.05, 0) is 56.4 Å². The van der Waals surface area contributed by atoms with Gasteiger partial charge in [0.25, 0.3) is 5.91 Å². The molecule has 2 atom stereocenters. The highest BCUT2D eigenvalue weighted by Gasteiger charge is 2.34.